The molecule has 0 aromatic heterocycles. The van der Waals surface area contributed by atoms with Crippen LogP contribution in [0.5, 0.6) is 0 Å². The van der Waals surface area contributed by atoms with E-state index >= 15 is 0 Å². The van der Waals surface area contributed by atoms with Crippen LogP contribution in [0.2, 0.25) is 0 Å². The minimum absolute atomic E-state index is 0.261. The van der Waals surface area contributed by atoms with Crippen molar-refractivity contribution in [3.05, 3.63) is 0 Å². The van der Waals surface area contributed by atoms with Gasteiger partial charge in [0, 0.05) is 18.6 Å². The van der Waals surface area contributed by atoms with E-state index in [0.29, 0.717) is 12.5 Å². The van der Waals surface area contributed by atoms with E-state index in [1.807, 2.05) is 6.92 Å². The van der Waals surface area contributed by atoms with E-state index < -0.39 is 11.5 Å². The maximum absolute atomic E-state index is 11.7. The van der Waals surface area contributed by atoms with Gasteiger partial charge in [-0.1, -0.05) is 6.92 Å². The Morgan fingerprint density at radius 3 is 2.71 bits per heavy atom. The monoisotopic (exact) mass is 299 g/mol. The molecule has 2 N–H and O–H groups in total. The molecule has 0 amide bonds. The van der Waals surface area contributed by atoms with E-state index in [1.165, 1.54) is 0 Å². The van der Waals surface area contributed by atoms with Crippen LogP contribution < -0.4 is 5.32 Å². The Hall–Kier alpha value is -0.650. The van der Waals surface area contributed by atoms with Crippen molar-refractivity contribution >= 4 is 5.97 Å². The van der Waals surface area contributed by atoms with Gasteiger partial charge in [-0.05, 0) is 66.7 Å². The van der Waals surface area contributed by atoms with E-state index in [0.717, 1.165) is 39.0 Å². The van der Waals surface area contributed by atoms with Gasteiger partial charge in [0.25, 0.3) is 0 Å². The van der Waals surface area contributed by atoms with E-state index in [4.69, 9.17) is 0 Å². The Labute approximate surface area is 129 Å². The van der Waals surface area contributed by atoms with Gasteiger partial charge in [-0.3, -0.25) is 9.69 Å². The maximum Gasteiger partial charge on any atom is 0.323 e. The van der Waals surface area contributed by atoms with Gasteiger partial charge in [-0.25, -0.2) is 0 Å². The largest absolute Gasteiger partial charge is 0.480 e. The van der Waals surface area contributed by atoms with Gasteiger partial charge in [0.15, 0.2) is 0 Å². The van der Waals surface area contributed by atoms with E-state index in [9.17, 15) is 9.90 Å². The number of carboxylic acid groups (broad SMARTS) is 1. The maximum atomic E-state index is 11.7. The molecular formula is C16H33N3O2. The highest BCUT2D eigenvalue weighted by molar-refractivity contribution is 5.78. The van der Waals surface area contributed by atoms with Gasteiger partial charge in [0.1, 0.15) is 5.54 Å². The number of aliphatic carboxylic acids is 1. The molecule has 5 nitrogen and oxygen atoms in total. The van der Waals surface area contributed by atoms with Crippen molar-refractivity contribution in [3.8, 4) is 0 Å². The van der Waals surface area contributed by atoms with Gasteiger partial charge in [0.2, 0.25) is 0 Å². The molecular weight excluding hydrogens is 266 g/mol. The highest BCUT2D eigenvalue weighted by Crippen LogP contribution is 2.21. The molecule has 0 aliphatic carbocycles. The minimum Gasteiger partial charge on any atom is -0.480 e. The van der Waals surface area contributed by atoms with Crippen LogP contribution in [-0.4, -0.2) is 71.7 Å². The van der Waals surface area contributed by atoms with E-state index in [2.05, 4.69) is 42.9 Å². The molecule has 0 aromatic carbocycles. The van der Waals surface area contributed by atoms with Gasteiger partial charge >= 0.3 is 5.97 Å². The van der Waals surface area contributed by atoms with Crippen LogP contribution in [0.1, 0.15) is 47.0 Å². The molecule has 1 aliphatic rings. The zero-order valence-electron chi connectivity index (χ0n) is 14.4. The number of hydrogen-bond donors (Lipinski definition) is 2. The van der Waals surface area contributed by atoms with Gasteiger partial charge in [-0.15, -0.1) is 0 Å². The second kappa shape index (κ2) is 8.11. The molecule has 3 atom stereocenters. The molecule has 1 fully saturated rings. The number of hydrogen-bond acceptors (Lipinski definition) is 4. The first-order valence-corrected chi connectivity index (χ1v) is 8.23. The summed E-state index contributed by atoms with van der Waals surface area (Å²) in [6.45, 7) is 12.3. The lowest BCUT2D eigenvalue weighted by atomic mass is 9.92. The summed E-state index contributed by atoms with van der Waals surface area (Å²) in [4.78, 5) is 16.5. The lowest BCUT2D eigenvalue weighted by molar-refractivity contribution is -0.145. The average molecular weight is 299 g/mol. The molecule has 0 spiro atoms. The van der Waals surface area contributed by atoms with Crippen molar-refractivity contribution in [1.29, 1.82) is 0 Å². The molecule has 124 valence electrons. The standard InChI is InChI=1S/C16H33N3O2/c1-6-8-17-16(4,15(20)21)11-13(2)19-10-7-9-18(5)12-14(19)3/h13-14,17H,6-12H2,1-5H3,(H,20,21). The van der Waals surface area contributed by atoms with Crippen LogP contribution in [0, 0.1) is 0 Å². The van der Waals surface area contributed by atoms with Crippen molar-refractivity contribution < 1.29 is 9.90 Å². The van der Waals surface area contributed by atoms with Gasteiger partial charge in [0.05, 0.1) is 0 Å². The third-order valence-corrected chi connectivity index (χ3v) is 4.61. The SMILES string of the molecule is CCCNC(C)(CC(C)N1CCCN(C)CC1C)C(=O)O. The van der Waals surface area contributed by atoms with E-state index in [1.54, 1.807) is 0 Å². The third kappa shape index (κ3) is 5.24. The van der Waals surface area contributed by atoms with Crippen molar-refractivity contribution in [1.82, 2.24) is 15.1 Å². The molecule has 0 aromatic rings. The highest BCUT2D eigenvalue weighted by Gasteiger charge is 2.36. The van der Waals surface area contributed by atoms with Crippen LogP contribution in [0.25, 0.3) is 0 Å². The molecule has 0 saturated carbocycles. The summed E-state index contributed by atoms with van der Waals surface area (Å²) in [5, 5.41) is 12.8. The molecule has 0 bridgehead atoms. The average Bonchev–Trinajstić information content (AvgIpc) is 2.56. The summed E-state index contributed by atoms with van der Waals surface area (Å²) in [5.41, 5.74) is -0.840. The molecule has 21 heavy (non-hydrogen) atoms. The first kappa shape index (κ1) is 18.4. The predicted molar refractivity (Wildman–Crippen MR) is 86.7 cm³/mol. The Bertz CT molecular complexity index is 337. The molecule has 0 radical (unpaired) electrons. The third-order valence-electron chi connectivity index (χ3n) is 4.61. The van der Waals surface area contributed by atoms with Crippen LogP contribution in [0.15, 0.2) is 0 Å². The fourth-order valence-corrected chi connectivity index (χ4v) is 3.39. The molecule has 1 heterocycles. The lowest BCUT2D eigenvalue weighted by Gasteiger charge is -2.38. The molecule has 3 unspecified atom stereocenters. The Morgan fingerprint density at radius 1 is 1.48 bits per heavy atom. The zero-order valence-corrected chi connectivity index (χ0v) is 14.4. The second-order valence-corrected chi connectivity index (χ2v) is 6.82. The van der Waals surface area contributed by atoms with Gasteiger partial charge in [-0.2, -0.15) is 0 Å². The summed E-state index contributed by atoms with van der Waals surface area (Å²) in [6, 6.07) is 0.730. The van der Waals surface area contributed by atoms with E-state index in [-0.39, 0.29) is 6.04 Å². The molecule has 1 saturated heterocycles. The summed E-state index contributed by atoms with van der Waals surface area (Å²) >= 11 is 0. The van der Waals surface area contributed by atoms with Gasteiger partial charge < -0.3 is 15.3 Å². The quantitative estimate of drug-likeness (QED) is 0.748. The number of nitrogens with one attached hydrogen (secondary N) is 1. The smallest absolute Gasteiger partial charge is 0.323 e. The fraction of sp³-hybridized carbons (Fsp3) is 0.938. The number of carboxylic acids is 1. The summed E-state index contributed by atoms with van der Waals surface area (Å²) < 4.78 is 0. The topological polar surface area (TPSA) is 55.8 Å². The molecule has 1 rings (SSSR count). The number of nitrogens with zero attached hydrogens (tertiary/aromatic N) is 2. The molecule has 5 heteroatoms. The van der Waals surface area contributed by atoms with Crippen LogP contribution in [-0.2, 0) is 4.79 Å². The lowest BCUT2D eigenvalue weighted by Crippen LogP contribution is -2.55. The minimum atomic E-state index is -0.840. The summed E-state index contributed by atoms with van der Waals surface area (Å²) in [5.74, 6) is -0.748. The fourth-order valence-electron chi connectivity index (χ4n) is 3.39. The summed E-state index contributed by atoms with van der Waals surface area (Å²) in [6.07, 6.45) is 2.73. The normalized spacial score (nSPS) is 26.0. The van der Waals surface area contributed by atoms with Crippen molar-refractivity contribution in [2.24, 2.45) is 0 Å². The molecule has 1 aliphatic heterocycles. The second-order valence-electron chi connectivity index (χ2n) is 6.82. The Morgan fingerprint density at radius 2 is 2.14 bits per heavy atom. The summed E-state index contributed by atoms with van der Waals surface area (Å²) in [7, 11) is 2.16. The van der Waals surface area contributed by atoms with Crippen molar-refractivity contribution in [2.75, 3.05) is 33.2 Å². The first-order chi connectivity index (χ1) is 9.80. The number of carbonyl (C=O) groups is 1. The highest BCUT2D eigenvalue weighted by atomic mass is 16.4. The Kier molecular flexibility index (Phi) is 7.10. The van der Waals surface area contributed by atoms with Crippen molar-refractivity contribution in [3.63, 3.8) is 0 Å². The van der Waals surface area contributed by atoms with Crippen LogP contribution in [0.3, 0.4) is 0 Å². The number of likely N-dealkylation sites (N-methyl/N-ethyl adjacent to an activating group) is 1. The number of rotatable bonds is 7. The first-order valence-electron chi connectivity index (χ1n) is 8.23. The van der Waals surface area contributed by atoms with Crippen LogP contribution >= 0.6 is 0 Å². The Balaban J connectivity index is 2.71. The zero-order chi connectivity index (χ0) is 16.0. The van der Waals surface area contributed by atoms with Crippen molar-refractivity contribution in [2.45, 2.75) is 64.6 Å². The van der Waals surface area contributed by atoms with Crippen LogP contribution in [0.4, 0.5) is 0 Å². The predicted octanol–water partition coefficient (Wildman–Crippen LogP) is 1.63.